The first kappa shape index (κ1) is 38.9. The van der Waals surface area contributed by atoms with E-state index in [9.17, 15) is 15.3 Å². The van der Waals surface area contributed by atoms with Gasteiger partial charge in [0.2, 0.25) is 0 Å². The number of aryl methyl sites for hydroxylation is 4. The predicted octanol–water partition coefficient (Wildman–Crippen LogP) is 15.3. The van der Waals surface area contributed by atoms with Gasteiger partial charge in [0, 0.05) is 76.6 Å². The van der Waals surface area contributed by atoms with E-state index in [-0.39, 0.29) is 11.4 Å². The lowest BCUT2D eigenvalue weighted by Gasteiger charge is -2.31. The van der Waals surface area contributed by atoms with Crippen LogP contribution in [0.15, 0.2) is 132 Å². The summed E-state index contributed by atoms with van der Waals surface area (Å²) in [5.74, 6) is -0.148. The van der Waals surface area contributed by atoms with E-state index in [2.05, 4.69) is 131 Å². The molecule has 0 unspecified atom stereocenters. The number of allylic oxidation sites excluding steroid dienone is 4. The Bertz CT molecular complexity index is 3510. The molecule has 0 N–H and O–H groups in total. The zero-order valence-electron chi connectivity index (χ0n) is 34.5. The van der Waals surface area contributed by atoms with Crippen LogP contribution in [0.1, 0.15) is 82.8 Å². The van der Waals surface area contributed by atoms with Gasteiger partial charge in [0.15, 0.2) is 5.78 Å². The fraction of sp³-hybridized carbons (Fsp3) is 0.130. The maximum Gasteiger partial charge on any atom is 0.194 e. The minimum atomic E-state index is -0.566. The largest absolute Gasteiger partial charge is 0.289 e. The molecule has 0 bridgehead atoms. The van der Waals surface area contributed by atoms with Crippen molar-refractivity contribution in [1.29, 1.82) is 10.5 Å². The predicted molar refractivity (Wildman–Crippen MR) is 265 cm³/mol. The van der Waals surface area contributed by atoms with Gasteiger partial charge >= 0.3 is 0 Å². The van der Waals surface area contributed by atoms with Gasteiger partial charge in [-0.15, -0.1) is 68.0 Å². The van der Waals surface area contributed by atoms with Crippen LogP contribution >= 0.6 is 68.0 Å². The van der Waals surface area contributed by atoms with Gasteiger partial charge in [-0.2, -0.15) is 10.5 Å². The van der Waals surface area contributed by atoms with Gasteiger partial charge in [0.05, 0.1) is 20.2 Å². The lowest BCUT2D eigenvalue weighted by molar-refractivity contribution is 0.104. The summed E-state index contributed by atoms with van der Waals surface area (Å²) in [4.78, 5) is 27.1. The highest BCUT2D eigenvalue weighted by atomic mass is 32.1. The van der Waals surface area contributed by atoms with Crippen LogP contribution < -0.4 is 0 Å². The van der Waals surface area contributed by atoms with Crippen molar-refractivity contribution in [2.24, 2.45) is 0 Å². The molecule has 3 nitrogen and oxygen atoms in total. The van der Waals surface area contributed by atoms with E-state index < -0.39 is 10.8 Å². The monoisotopic (exact) mass is 918 g/mol. The quantitative estimate of drug-likeness (QED) is 0.123. The van der Waals surface area contributed by atoms with E-state index in [1.165, 1.54) is 91.6 Å². The number of carbonyl (C=O) groups is 1. The minimum absolute atomic E-state index is 0.0416. The molecule has 0 radical (unpaired) electrons. The average molecular weight is 919 g/mol. The third kappa shape index (κ3) is 5.21. The molecule has 63 heavy (non-hydrogen) atoms. The van der Waals surface area contributed by atoms with E-state index in [0.717, 1.165) is 5.56 Å². The second kappa shape index (κ2) is 14.1. The Balaban J connectivity index is 1.13. The number of thiophene rings is 6. The fourth-order valence-electron chi connectivity index (χ4n) is 10.4. The Hall–Kier alpha value is -5.75. The minimum Gasteiger partial charge on any atom is -0.289 e. The van der Waals surface area contributed by atoms with Crippen molar-refractivity contribution < 1.29 is 4.79 Å². The van der Waals surface area contributed by atoms with E-state index in [1.807, 2.05) is 92.3 Å². The summed E-state index contributed by atoms with van der Waals surface area (Å²) in [7, 11) is 0. The summed E-state index contributed by atoms with van der Waals surface area (Å²) < 4.78 is 2.74. The molecule has 0 amide bonds. The van der Waals surface area contributed by atoms with Crippen LogP contribution in [0.3, 0.4) is 0 Å². The van der Waals surface area contributed by atoms with Crippen molar-refractivity contribution in [1.82, 2.24) is 0 Å². The van der Waals surface area contributed by atoms with E-state index in [4.69, 9.17) is 0 Å². The fourth-order valence-corrected chi connectivity index (χ4v) is 18.1. The molecule has 3 aromatic carbocycles. The lowest BCUT2D eigenvalue weighted by Crippen LogP contribution is -2.27. The third-order valence-corrected chi connectivity index (χ3v) is 20.1. The maximum atomic E-state index is 13.9. The first-order valence-electron chi connectivity index (χ1n) is 20.7. The first-order valence-corrected chi connectivity index (χ1v) is 25.6. The van der Waals surface area contributed by atoms with Crippen molar-refractivity contribution in [3.8, 4) is 33.0 Å². The molecule has 0 aliphatic heterocycles. The van der Waals surface area contributed by atoms with Crippen molar-refractivity contribution in [3.05, 3.63) is 210 Å². The zero-order chi connectivity index (χ0) is 42.9. The number of ketones is 1. The molecule has 0 saturated heterocycles. The maximum absolute atomic E-state index is 13.9. The second-order valence-corrected chi connectivity index (χ2v) is 23.7. The molecule has 3 aliphatic rings. The van der Waals surface area contributed by atoms with Gasteiger partial charge in [0.1, 0.15) is 17.7 Å². The topological polar surface area (TPSA) is 64.7 Å². The van der Waals surface area contributed by atoms with Crippen LogP contribution in [0.4, 0.5) is 0 Å². The molecular formula is C54H34N2OS6. The van der Waals surface area contributed by atoms with Gasteiger partial charge in [-0.25, -0.2) is 0 Å². The molecule has 0 saturated carbocycles. The highest BCUT2D eigenvalue weighted by molar-refractivity contribution is 7.32. The molecule has 302 valence electrons. The van der Waals surface area contributed by atoms with Crippen LogP contribution in [0.25, 0.3) is 35.9 Å². The van der Waals surface area contributed by atoms with Crippen LogP contribution in [-0.4, -0.2) is 5.78 Å². The summed E-state index contributed by atoms with van der Waals surface area (Å²) in [5.41, 5.74) is 10.1. The summed E-state index contributed by atoms with van der Waals surface area (Å²) >= 11 is 11.6. The summed E-state index contributed by atoms with van der Waals surface area (Å²) in [6.07, 6.45) is 2.40. The lowest BCUT2D eigenvalue weighted by atomic mass is 9.74. The zero-order valence-corrected chi connectivity index (χ0v) is 39.4. The number of carbonyl (C=O) groups excluding carboxylic acids is 1. The highest BCUT2D eigenvalue weighted by Gasteiger charge is 2.55. The van der Waals surface area contributed by atoms with E-state index in [0.29, 0.717) is 28.7 Å². The van der Waals surface area contributed by atoms with Crippen LogP contribution in [-0.2, 0) is 17.3 Å². The molecule has 0 spiro atoms. The van der Waals surface area contributed by atoms with Gasteiger partial charge in [-0.05, 0) is 116 Å². The van der Waals surface area contributed by atoms with Crippen LogP contribution in [0.2, 0.25) is 0 Å². The van der Waals surface area contributed by atoms with Crippen molar-refractivity contribution in [3.63, 3.8) is 0 Å². The number of Topliss-reactive ketones (excluding diaryl/α,β-unsaturated/α-hetero) is 1. The normalized spacial score (nSPS) is 15.6. The molecule has 0 fully saturated rings. The standard InChI is InChI=1S/C54H34N2OS6/c1-28-13-21-41(58-28)53(42-22-14-29(2)59-42)39-12-8-7-11-36(39)49-46(53)51-52(62-49)47-50(63-51)37-19-17-32(18-20-38-45(33(26-55)27-56)34-9-5-6-10-35(34)48(38)57)25-40(37)54(47,43-23-15-30(3)60-43)44-24-16-31(4)61-44/h5-17,19-25H,18H2,1-4H3/b38-20-. The number of hydrogen-bond donors (Lipinski definition) is 0. The molecule has 9 aromatic rings. The van der Waals surface area contributed by atoms with Gasteiger partial charge in [0.25, 0.3) is 0 Å². The molecule has 6 aromatic heterocycles. The number of benzene rings is 3. The van der Waals surface area contributed by atoms with Gasteiger partial charge in [-0.3, -0.25) is 4.79 Å². The Labute approximate surface area is 389 Å². The number of fused-ring (bicyclic) bond motifs is 10. The average Bonchev–Trinajstić information content (AvgIpc) is 4.16. The van der Waals surface area contributed by atoms with Crippen LogP contribution in [0.5, 0.6) is 0 Å². The van der Waals surface area contributed by atoms with Crippen LogP contribution in [0, 0.1) is 50.4 Å². The smallest absolute Gasteiger partial charge is 0.194 e. The van der Waals surface area contributed by atoms with Crippen molar-refractivity contribution in [2.45, 2.75) is 44.9 Å². The molecule has 9 heteroatoms. The Morgan fingerprint density at radius 3 is 1.49 bits per heavy atom. The number of nitriles is 2. The first-order chi connectivity index (χ1) is 30.7. The van der Waals surface area contributed by atoms with E-state index in [1.54, 1.807) is 6.07 Å². The summed E-state index contributed by atoms with van der Waals surface area (Å²) in [6, 6.07) is 46.0. The SMILES string of the molecule is Cc1ccc(C2(c3ccc(C)s3)c3ccccc3-c3sc4c5c(sc4c32)-c2ccc(C/C=C3\C(=O)c4ccccc4C3=C(C#N)C#N)cc2C5(c2ccc(C)s2)c2ccc(C)s2)s1. The molecule has 3 aliphatic carbocycles. The summed E-state index contributed by atoms with van der Waals surface area (Å²) in [6.45, 7) is 8.87. The number of rotatable bonds is 6. The molecule has 0 atom stereocenters. The van der Waals surface area contributed by atoms with Crippen molar-refractivity contribution in [2.75, 3.05) is 0 Å². The van der Waals surface area contributed by atoms with Gasteiger partial charge < -0.3 is 0 Å². The van der Waals surface area contributed by atoms with E-state index >= 15 is 0 Å². The Morgan fingerprint density at radius 2 is 1.00 bits per heavy atom. The number of hydrogen-bond acceptors (Lipinski definition) is 9. The van der Waals surface area contributed by atoms with Crippen molar-refractivity contribution >= 4 is 88.8 Å². The van der Waals surface area contributed by atoms with Gasteiger partial charge in [-0.1, -0.05) is 72.8 Å². The second-order valence-electron chi connectivity index (χ2n) is 16.5. The Kier molecular flexibility index (Phi) is 8.72. The Morgan fingerprint density at radius 1 is 0.540 bits per heavy atom. The molecule has 12 rings (SSSR count). The number of nitrogens with zero attached hydrogens (tertiary/aromatic N) is 2. The molecule has 6 heterocycles. The molecular weight excluding hydrogens is 885 g/mol. The third-order valence-electron chi connectivity index (χ3n) is 13.0. The highest BCUT2D eigenvalue weighted by Crippen LogP contribution is 2.69. The summed E-state index contributed by atoms with van der Waals surface area (Å²) in [5, 5.41) is 20.0.